The molecule has 10 aromatic rings. The first-order valence-electron chi connectivity index (χ1n) is 20.0. The minimum Gasteiger partial charge on any atom is -0.456 e. The van der Waals surface area contributed by atoms with Crippen molar-refractivity contribution in [2.24, 2.45) is 0 Å². The van der Waals surface area contributed by atoms with Crippen LogP contribution >= 0.6 is 11.3 Å². The Hall–Kier alpha value is -6.94. The summed E-state index contributed by atoms with van der Waals surface area (Å²) in [5, 5.41) is 4.96. The number of hydrogen-bond donors (Lipinski definition) is 0. The van der Waals surface area contributed by atoms with E-state index >= 15 is 0 Å². The monoisotopic (exact) mass is 759 g/mol. The smallest absolute Gasteiger partial charge is 0.135 e. The zero-order valence-electron chi connectivity index (χ0n) is 32.2. The first kappa shape index (κ1) is 33.2. The molecule has 0 radical (unpaired) electrons. The molecule has 2 nitrogen and oxygen atoms in total. The van der Waals surface area contributed by atoms with Crippen molar-refractivity contribution in [3.8, 4) is 56.0 Å². The molecule has 9 aromatic carbocycles. The Morgan fingerprint density at radius 1 is 0.431 bits per heavy atom. The summed E-state index contributed by atoms with van der Waals surface area (Å²) in [7, 11) is 0. The third-order valence-corrected chi connectivity index (χ3v) is 13.6. The third-order valence-electron chi connectivity index (χ3n) is 12.5. The zero-order valence-corrected chi connectivity index (χ0v) is 33.0. The van der Waals surface area contributed by atoms with E-state index < -0.39 is 0 Å². The van der Waals surface area contributed by atoms with E-state index in [0.29, 0.717) is 0 Å². The van der Waals surface area contributed by atoms with Crippen molar-refractivity contribution in [3.63, 3.8) is 0 Å². The van der Waals surface area contributed by atoms with Crippen LogP contribution in [0.4, 0.5) is 17.1 Å². The zero-order chi connectivity index (χ0) is 38.5. The SMILES string of the molecule is CC1(C)c2ccccc2-c2cccc(N(c3ccc(-c4ccc5c6c(cccc46)-c4ccc(-c6ccccc6)cc4O5)cc3)c3ccc4c(c3)sc3ccccc34)c21. The van der Waals surface area contributed by atoms with Crippen LogP contribution in [0.3, 0.4) is 0 Å². The minimum absolute atomic E-state index is 0.171. The Labute approximate surface area is 341 Å². The fourth-order valence-corrected chi connectivity index (χ4v) is 10.9. The molecule has 0 saturated heterocycles. The first-order chi connectivity index (χ1) is 28.5. The quantitative estimate of drug-likeness (QED) is 0.173. The lowest BCUT2D eigenvalue weighted by atomic mass is 9.81. The summed E-state index contributed by atoms with van der Waals surface area (Å²) in [6.07, 6.45) is 0. The molecule has 12 rings (SSSR count). The maximum atomic E-state index is 6.67. The highest BCUT2D eigenvalue weighted by atomic mass is 32.1. The molecular weight excluding hydrogens is 723 g/mol. The fraction of sp³-hybridized carbons (Fsp3) is 0.0545. The van der Waals surface area contributed by atoms with Gasteiger partial charge >= 0.3 is 0 Å². The molecule has 0 fully saturated rings. The van der Waals surface area contributed by atoms with Gasteiger partial charge in [-0.05, 0) is 110 Å². The predicted octanol–water partition coefficient (Wildman–Crippen LogP) is 16.1. The van der Waals surface area contributed by atoms with E-state index in [2.05, 4.69) is 207 Å². The summed E-state index contributed by atoms with van der Waals surface area (Å²) in [5.74, 6) is 1.79. The summed E-state index contributed by atoms with van der Waals surface area (Å²) >= 11 is 1.87. The standard InChI is InChI=1S/C55H37NOS/c1-55(2)47-19-8-6-14-40(47)46-18-11-20-48(54(46)55)56(38-27-29-43-42-15-7-9-21-51(42)58-52(43)33-38)37-25-22-35(23-26-37)39-30-31-49-53-44(39)16-10-17-45(53)41-28-24-36(32-50(41)57-49)34-12-4-3-5-13-34/h3-33H,1-2H3. The molecule has 0 saturated carbocycles. The van der Waals surface area contributed by atoms with E-state index in [4.69, 9.17) is 4.74 Å². The van der Waals surface area contributed by atoms with Gasteiger partial charge in [-0.25, -0.2) is 0 Å². The third kappa shape index (κ3) is 4.90. The van der Waals surface area contributed by atoms with E-state index in [0.717, 1.165) is 39.4 Å². The van der Waals surface area contributed by atoms with E-state index in [1.807, 2.05) is 11.3 Å². The summed E-state index contributed by atoms with van der Waals surface area (Å²) < 4.78 is 9.28. The highest BCUT2D eigenvalue weighted by Crippen LogP contribution is 2.55. The number of benzene rings is 9. The van der Waals surface area contributed by atoms with Gasteiger partial charge in [0.05, 0.1) is 5.69 Å². The molecule has 0 unspecified atom stereocenters. The van der Waals surface area contributed by atoms with Crippen LogP contribution in [0.25, 0.3) is 75.5 Å². The maximum absolute atomic E-state index is 6.67. The van der Waals surface area contributed by atoms with Crippen LogP contribution in [0.2, 0.25) is 0 Å². The summed E-state index contributed by atoms with van der Waals surface area (Å²) in [5.41, 5.74) is 15.7. The van der Waals surface area contributed by atoms with Crippen LogP contribution in [-0.2, 0) is 5.41 Å². The van der Waals surface area contributed by atoms with Crippen molar-refractivity contribution in [1.29, 1.82) is 0 Å². The highest BCUT2D eigenvalue weighted by Gasteiger charge is 2.38. The van der Waals surface area contributed by atoms with Crippen molar-refractivity contribution in [3.05, 3.63) is 199 Å². The lowest BCUT2D eigenvalue weighted by Crippen LogP contribution is -2.20. The van der Waals surface area contributed by atoms with E-state index in [1.54, 1.807) is 0 Å². The van der Waals surface area contributed by atoms with E-state index in [9.17, 15) is 0 Å². The minimum atomic E-state index is -0.171. The van der Waals surface area contributed by atoms with E-state index in [-0.39, 0.29) is 5.41 Å². The predicted molar refractivity (Wildman–Crippen MR) is 245 cm³/mol. The average molecular weight is 760 g/mol. The van der Waals surface area contributed by atoms with Crippen LogP contribution in [-0.4, -0.2) is 0 Å². The van der Waals surface area contributed by atoms with Gasteiger partial charge in [0.25, 0.3) is 0 Å². The number of rotatable bonds is 5. The topological polar surface area (TPSA) is 12.5 Å². The second-order valence-electron chi connectivity index (χ2n) is 16.0. The molecule has 1 aliphatic heterocycles. The first-order valence-corrected chi connectivity index (χ1v) is 20.8. The Bertz CT molecular complexity index is 3280. The van der Waals surface area contributed by atoms with Crippen molar-refractivity contribution in [2.45, 2.75) is 19.3 Å². The van der Waals surface area contributed by atoms with Crippen molar-refractivity contribution < 1.29 is 4.74 Å². The number of thiophene rings is 1. The molecule has 0 amide bonds. The normalized spacial score (nSPS) is 13.3. The Balaban J connectivity index is 0.990. The average Bonchev–Trinajstić information content (AvgIpc) is 3.76. The largest absolute Gasteiger partial charge is 0.456 e. The molecule has 58 heavy (non-hydrogen) atoms. The van der Waals surface area contributed by atoms with Gasteiger partial charge in [-0.3, -0.25) is 0 Å². The number of fused-ring (bicyclic) bond motifs is 8. The number of ether oxygens (including phenoxy) is 1. The Morgan fingerprint density at radius 2 is 1.12 bits per heavy atom. The van der Waals surface area contributed by atoms with Gasteiger partial charge in [0, 0.05) is 47.9 Å². The molecule has 0 bridgehead atoms. The molecule has 2 heterocycles. The second kappa shape index (κ2) is 12.5. The molecule has 1 aromatic heterocycles. The maximum Gasteiger partial charge on any atom is 0.135 e. The highest BCUT2D eigenvalue weighted by molar-refractivity contribution is 7.25. The number of anilines is 3. The van der Waals surface area contributed by atoms with Crippen LogP contribution in [0.1, 0.15) is 25.0 Å². The number of hydrogen-bond acceptors (Lipinski definition) is 3. The van der Waals surface area contributed by atoms with Gasteiger partial charge < -0.3 is 9.64 Å². The summed E-state index contributed by atoms with van der Waals surface area (Å²) in [6, 6.07) is 68.8. The van der Waals surface area contributed by atoms with Crippen LogP contribution < -0.4 is 9.64 Å². The van der Waals surface area contributed by atoms with Gasteiger partial charge in [-0.1, -0.05) is 147 Å². The number of nitrogens with zero attached hydrogens (tertiary/aromatic N) is 1. The van der Waals surface area contributed by atoms with Gasteiger partial charge in [0.1, 0.15) is 11.5 Å². The molecule has 3 heteroatoms. The van der Waals surface area contributed by atoms with Crippen LogP contribution in [0.15, 0.2) is 188 Å². The van der Waals surface area contributed by atoms with Crippen LogP contribution in [0.5, 0.6) is 11.5 Å². The molecule has 0 atom stereocenters. The van der Waals surface area contributed by atoms with Crippen molar-refractivity contribution >= 4 is 59.3 Å². The molecule has 2 aliphatic rings. The molecule has 1 aliphatic carbocycles. The van der Waals surface area contributed by atoms with Crippen LogP contribution in [0, 0.1) is 0 Å². The Morgan fingerprint density at radius 3 is 2.02 bits per heavy atom. The lowest BCUT2D eigenvalue weighted by Gasteiger charge is -2.32. The van der Waals surface area contributed by atoms with Gasteiger partial charge in [-0.15, -0.1) is 11.3 Å². The molecule has 0 spiro atoms. The molecule has 0 N–H and O–H groups in total. The van der Waals surface area contributed by atoms with Crippen molar-refractivity contribution in [1.82, 2.24) is 0 Å². The lowest BCUT2D eigenvalue weighted by molar-refractivity contribution is 0.487. The van der Waals surface area contributed by atoms with Gasteiger partial charge in [0.2, 0.25) is 0 Å². The fourth-order valence-electron chi connectivity index (χ4n) is 9.77. The van der Waals surface area contributed by atoms with Gasteiger partial charge in [0.15, 0.2) is 0 Å². The second-order valence-corrected chi connectivity index (χ2v) is 17.1. The molecular formula is C55H37NOS. The van der Waals surface area contributed by atoms with E-state index in [1.165, 1.54) is 75.8 Å². The van der Waals surface area contributed by atoms with Crippen molar-refractivity contribution in [2.75, 3.05) is 4.90 Å². The van der Waals surface area contributed by atoms with Gasteiger partial charge in [-0.2, -0.15) is 0 Å². The molecule has 274 valence electrons. The summed E-state index contributed by atoms with van der Waals surface area (Å²) in [4.78, 5) is 2.48. The Kier molecular flexibility index (Phi) is 7.18. The summed E-state index contributed by atoms with van der Waals surface area (Å²) in [6.45, 7) is 4.75.